The monoisotopic (exact) mass is 289 g/mol. The Morgan fingerprint density at radius 3 is 2.15 bits per heavy atom. The second-order valence-corrected chi connectivity index (χ2v) is 5.51. The summed E-state index contributed by atoms with van der Waals surface area (Å²) >= 11 is 5.92. The molecule has 2 atom stereocenters. The highest BCUT2D eigenvalue weighted by atomic mass is 35.5. The quantitative estimate of drug-likeness (QED) is 0.902. The van der Waals surface area contributed by atoms with Gasteiger partial charge in [0.1, 0.15) is 5.75 Å². The molecule has 0 aliphatic carbocycles. The number of nitrogens with two attached hydrogens (primary N) is 1. The van der Waals surface area contributed by atoms with Crippen molar-refractivity contribution in [2.75, 3.05) is 7.11 Å². The van der Waals surface area contributed by atoms with Crippen LogP contribution in [0.4, 0.5) is 0 Å². The molecule has 0 radical (unpaired) electrons. The topological polar surface area (TPSA) is 35.2 Å². The van der Waals surface area contributed by atoms with Gasteiger partial charge < -0.3 is 10.5 Å². The summed E-state index contributed by atoms with van der Waals surface area (Å²) in [6.45, 7) is 2.05. The molecule has 0 heterocycles. The fourth-order valence-corrected chi connectivity index (χ4v) is 2.46. The molecule has 2 aromatic rings. The van der Waals surface area contributed by atoms with E-state index in [9.17, 15) is 0 Å². The third-order valence-corrected chi connectivity index (χ3v) is 3.80. The third kappa shape index (κ3) is 3.75. The Kier molecular flexibility index (Phi) is 5.05. The smallest absolute Gasteiger partial charge is 0.118 e. The van der Waals surface area contributed by atoms with E-state index in [1.54, 1.807) is 7.11 Å². The maximum Gasteiger partial charge on any atom is 0.118 e. The Hall–Kier alpha value is -1.51. The maximum atomic E-state index is 6.16. The largest absolute Gasteiger partial charge is 0.497 e. The Morgan fingerprint density at radius 2 is 1.65 bits per heavy atom. The number of rotatable bonds is 5. The predicted molar refractivity (Wildman–Crippen MR) is 84.5 cm³/mol. The van der Waals surface area contributed by atoms with E-state index in [0.717, 1.165) is 17.2 Å². The summed E-state index contributed by atoms with van der Waals surface area (Å²) in [5.74, 6) is 1.14. The van der Waals surface area contributed by atoms with Crippen LogP contribution in [0.3, 0.4) is 0 Å². The van der Waals surface area contributed by atoms with Crippen LogP contribution < -0.4 is 10.5 Å². The van der Waals surface area contributed by atoms with Crippen molar-refractivity contribution in [3.8, 4) is 5.75 Å². The van der Waals surface area contributed by atoms with E-state index in [0.29, 0.717) is 0 Å². The highest BCUT2D eigenvalue weighted by Gasteiger charge is 2.17. The van der Waals surface area contributed by atoms with E-state index in [4.69, 9.17) is 22.1 Å². The summed E-state index contributed by atoms with van der Waals surface area (Å²) in [5, 5.41) is 0.760. The molecule has 0 aromatic heterocycles. The molecule has 2 rings (SSSR count). The van der Waals surface area contributed by atoms with Gasteiger partial charge in [0, 0.05) is 17.0 Å². The average molecular weight is 290 g/mol. The number of ether oxygens (including phenoxy) is 1. The van der Waals surface area contributed by atoms with Gasteiger partial charge in [-0.1, -0.05) is 35.9 Å². The van der Waals surface area contributed by atoms with E-state index in [2.05, 4.69) is 24.3 Å². The number of hydrogen-bond acceptors (Lipinski definition) is 2. The lowest BCUT2D eigenvalue weighted by Crippen LogP contribution is -2.26. The van der Waals surface area contributed by atoms with Crippen LogP contribution in [-0.4, -0.2) is 13.2 Å². The molecule has 2 unspecified atom stereocenters. The van der Waals surface area contributed by atoms with Gasteiger partial charge in [0.2, 0.25) is 0 Å². The van der Waals surface area contributed by atoms with Gasteiger partial charge in [0.15, 0.2) is 0 Å². The molecule has 106 valence electrons. The SMILES string of the molecule is COc1ccc(C(Cc2ccc(Cl)cc2)C(C)N)cc1. The molecule has 0 saturated heterocycles. The van der Waals surface area contributed by atoms with Gasteiger partial charge >= 0.3 is 0 Å². The number of methoxy groups -OCH3 is 1. The average Bonchev–Trinajstić information content (AvgIpc) is 2.46. The maximum absolute atomic E-state index is 6.16. The Balaban J connectivity index is 2.19. The molecule has 0 bridgehead atoms. The Morgan fingerprint density at radius 1 is 1.05 bits per heavy atom. The van der Waals surface area contributed by atoms with Crippen LogP contribution in [0.5, 0.6) is 5.75 Å². The van der Waals surface area contributed by atoms with E-state index in [-0.39, 0.29) is 12.0 Å². The van der Waals surface area contributed by atoms with E-state index in [1.165, 1.54) is 11.1 Å². The van der Waals surface area contributed by atoms with Crippen molar-refractivity contribution in [2.45, 2.75) is 25.3 Å². The van der Waals surface area contributed by atoms with Crippen molar-refractivity contribution >= 4 is 11.6 Å². The summed E-state index contributed by atoms with van der Waals surface area (Å²) in [6.07, 6.45) is 0.904. The minimum atomic E-state index is 0.0825. The first-order valence-corrected chi connectivity index (χ1v) is 7.12. The van der Waals surface area contributed by atoms with Crippen LogP contribution in [-0.2, 0) is 6.42 Å². The van der Waals surface area contributed by atoms with E-state index < -0.39 is 0 Å². The lowest BCUT2D eigenvalue weighted by Gasteiger charge is -2.21. The van der Waals surface area contributed by atoms with Crippen LogP contribution >= 0.6 is 11.6 Å². The number of benzene rings is 2. The lowest BCUT2D eigenvalue weighted by molar-refractivity contribution is 0.414. The zero-order valence-corrected chi connectivity index (χ0v) is 12.6. The molecule has 20 heavy (non-hydrogen) atoms. The molecular formula is C17H20ClNO. The molecule has 0 saturated carbocycles. The molecule has 2 aromatic carbocycles. The molecule has 2 N–H and O–H groups in total. The van der Waals surface area contributed by atoms with Crippen LogP contribution in [0, 0.1) is 0 Å². The first-order chi connectivity index (χ1) is 9.60. The van der Waals surface area contributed by atoms with Gasteiger partial charge in [-0.25, -0.2) is 0 Å². The molecule has 0 fully saturated rings. The minimum Gasteiger partial charge on any atom is -0.497 e. The van der Waals surface area contributed by atoms with Crippen molar-refractivity contribution in [1.29, 1.82) is 0 Å². The van der Waals surface area contributed by atoms with Crippen LogP contribution in [0.15, 0.2) is 48.5 Å². The fraction of sp³-hybridized carbons (Fsp3) is 0.294. The van der Waals surface area contributed by atoms with Gasteiger partial charge in [-0.15, -0.1) is 0 Å². The Bertz CT molecular complexity index is 534. The van der Waals surface area contributed by atoms with Crippen molar-refractivity contribution < 1.29 is 4.74 Å². The molecule has 0 aliphatic rings. The molecule has 2 nitrogen and oxygen atoms in total. The highest BCUT2D eigenvalue weighted by molar-refractivity contribution is 6.30. The normalized spacial score (nSPS) is 13.8. The van der Waals surface area contributed by atoms with Gasteiger partial charge in [0.05, 0.1) is 7.11 Å². The first-order valence-electron chi connectivity index (χ1n) is 6.74. The van der Waals surface area contributed by atoms with Crippen LogP contribution in [0.1, 0.15) is 24.0 Å². The molecule has 3 heteroatoms. The minimum absolute atomic E-state index is 0.0825. The van der Waals surface area contributed by atoms with Crippen molar-refractivity contribution in [1.82, 2.24) is 0 Å². The summed E-state index contributed by atoms with van der Waals surface area (Å²) in [5.41, 5.74) is 8.63. The third-order valence-electron chi connectivity index (χ3n) is 3.55. The zero-order chi connectivity index (χ0) is 14.5. The molecular weight excluding hydrogens is 270 g/mol. The van der Waals surface area contributed by atoms with Gasteiger partial charge in [0.25, 0.3) is 0 Å². The van der Waals surface area contributed by atoms with Crippen molar-refractivity contribution in [2.24, 2.45) is 5.73 Å². The fourth-order valence-electron chi connectivity index (χ4n) is 2.33. The highest BCUT2D eigenvalue weighted by Crippen LogP contribution is 2.26. The standard InChI is InChI=1S/C17H20ClNO/c1-12(19)17(11-13-3-7-15(18)8-4-13)14-5-9-16(20-2)10-6-14/h3-10,12,17H,11,19H2,1-2H3. The van der Waals surface area contributed by atoms with Gasteiger partial charge in [-0.2, -0.15) is 0 Å². The number of hydrogen-bond donors (Lipinski definition) is 1. The second-order valence-electron chi connectivity index (χ2n) is 5.07. The van der Waals surface area contributed by atoms with E-state index >= 15 is 0 Å². The molecule has 0 aliphatic heterocycles. The second kappa shape index (κ2) is 6.78. The van der Waals surface area contributed by atoms with Crippen molar-refractivity contribution in [3.63, 3.8) is 0 Å². The lowest BCUT2D eigenvalue weighted by atomic mass is 9.87. The van der Waals surface area contributed by atoms with Gasteiger partial charge in [-0.3, -0.25) is 0 Å². The van der Waals surface area contributed by atoms with E-state index in [1.807, 2.05) is 31.2 Å². The first kappa shape index (κ1) is 14.9. The van der Waals surface area contributed by atoms with Crippen LogP contribution in [0.2, 0.25) is 5.02 Å². The molecule has 0 spiro atoms. The predicted octanol–water partition coefficient (Wildman–Crippen LogP) is 4.02. The van der Waals surface area contributed by atoms with Crippen molar-refractivity contribution in [3.05, 3.63) is 64.7 Å². The molecule has 0 amide bonds. The Labute approximate surface area is 125 Å². The van der Waals surface area contributed by atoms with Gasteiger partial charge in [-0.05, 0) is 48.7 Å². The summed E-state index contributed by atoms with van der Waals surface area (Å²) in [4.78, 5) is 0. The zero-order valence-electron chi connectivity index (χ0n) is 11.8. The van der Waals surface area contributed by atoms with Crippen LogP contribution in [0.25, 0.3) is 0 Å². The summed E-state index contributed by atoms with van der Waals surface area (Å²) in [6, 6.07) is 16.2. The summed E-state index contributed by atoms with van der Waals surface area (Å²) in [7, 11) is 1.67. The number of halogens is 1. The summed E-state index contributed by atoms with van der Waals surface area (Å²) < 4.78 is 5.19.